The summed E-state index contributed by atoms with van der Waals surface area (Å²) < 4.78 is 7.64. The first-order valence-electron chi connectivity index (χ1n) is 9.92. The minimum absolute atomic E-state index is 0.326. The molecule has 1 saturated heterocycles. The zero-order valence-corrected chi connectivity index (χ0v) is 15.7. The van der Waals surface area contributed by atoms with Gasteiger partial charge in [-0.15, -0.1) is 5.10 Å². The van der Waals surface area contributed by atoms with Gasteiger partial charge in [0.05, 0.1) is 12.3 Å². The third-order valence-corrected chi connectivity index (χ3v) is 5.63. The zero-order chi connectivity index (χ0) is 18.8. The highest BCUT2D eigenvalue weighted by Crippen LogP contribution is 2.33. The van der Waals surface area contributed by atoms with Crippen LogP contribution in [-0.4, -0.2) is 39.4 Å². The maximum Gasteiger partial charge on any atom is 0.143 e. The van der Waals surface area contributed by atoms with Crippen molar-refractivity contribution in [2.75, 3.05) is 13.2 Å². The number of tetrazole rings is 1. The molecule has 144 valence electrons. The molecule has 7 heteroatoms. The van der Waals surface area contributed by atoms with Gasteiger partial charge in [0.2, 0.25) is 0 Å². The van der Waals surface area contributed by atoms with Crippen molar-refractivity contribution >= 4 is 0 Å². The molecule has 2 unspecified atom stereocenters. The van der Waals surface area contributed by atoms with E-state index >= 15 is 0 Å². The molecule has 2 aliphatic heterocycles. The first kappa shape index (κ1) is 17.3. The van der Waals surface area contributed by atoms with Gasteiger partial charge < -0.3 is 15.4 Å². The number of ether oxygens (including phenoxy) is 1. The van der Waals surface area contributed by atoms with E-state index in [4.69, 9.17) is 4.74 Å². The van der Waals surface area contributed by atoms with Gasteiger partial charge in [-0.1, -0.05) is 30.3 Å². The zero-order valence-electron chi connectivity index (χ0n) is 15.7. The first-order chi connectivity index (χ1) is 13.9. The number of fused-ring (bicyclic) bond motifs is 1. The molecule has 2 N–H and O–H groups in total. The SMILES string of the molecule is c1ccc(C2NCCCC2NCc2cc(-n3cnnn3)cc3c2OCC3)cc1. The molecule has 2 aliphatic rings. The highest BCUT2D eigenvalue weighted by molar-refractivity contribution is 5.51. The van der Waals surface area contributed by atoms with Crippen LogP contribution < -0.4 is 15.4 Å². The molecule has 1 aromatic heterocycles. The van der Waals surface area contributed by atoms with E-state index in [-0.39, 0.29) is 0 Å². The molecule has 1 fully saturated rings. The van der Waals surface area contributed by atoms with E-state index in [1.165, 1.54) is 17.5 Å². The lowest BCUT2D eigenvalue weighted by atomic mass is 9.92. The van der Waals surface area contributed by atoms with Crippen molar-refractivity contribution in [3.63, 3.8) is 0 Å². The highest BCUT2D eigenvalue weighted by atomic mass is 16.5. The molecule has 0 aliphatic carbocycles. The second kappa shape index (κ2) is 7.69. The van der Waals surface area contributed by atoms with E-state index in [0.29, 0.717) is 12.1 Å². The number of piperidine rings is 1. The van der Waals surface area contributed by atoms with Gasteiger partial charge in [0.1, 0.15) is 12.1 Å². The largest absolute Gasteiger partial charge is 0.493 e. The molecule has 5 rings (SSSR count). The van der Waals surface area contributed by atoms with Crippen LogP contribution in [-0.2, 0) is 13.0 Å². The Morgan fingerprint density at radius 3 is 3.00 bits per heavy atom. The van der Waals surface area contributed by atoms with E-state index in [1.54, 1.807) is 11.0 Å². The van der Waals surface area contributed by atoms with Crippen LogP contribution in [0.3, 0.4) is 0 Å². The average molecular weight is 376 g/mol. The molecule has 0 saturated carbocycles. The van der Waals surface area contributed by atoms with E-state index in [2.05, 4.69) is 68.6 Å². The lowest BCUT2D eigenvalue weighted by Gasteiger charge is -2.34. The van der Waals surface area contributed by atoms with E-state index in [9.17, 15) is 0 Å². The van der Waals surface area contributed by atoms with E-state index in [0.717, 1.165) is 49.5 Å². The topological polar surface area (TPSA) is 76.9 Å². The minimum atomic E-state index is 0.326. The maximum atomic E-state index is 5.94. The second-order valence-electron chi connectivity index (χ2n) is 7.42. The lowest BCUT2D eigenvalue weighted by molar-refractivity contribution is 0.301. The smallest absolute Gasteiger partial charge is 0.143 e. The van der Waals surface area contributed by atoms with Gasteiger partial charge >= 0.3 is 0 Å². The van der Waals surface area contributed by atoms with Gasteiger partial charge in [0.25, 0.3) is 0 Å². The Balaban J connectivity index is 1.38. The summed E-state index contributed by atoms with van der Waals surface area (Å²) in [6.45, 7) is 2.55. The lowest BCUT2D eigenvalue weighted by Crippen LogP contribution is -2.45. The number of rotatable bonds is 5. The predicted octanol–water partition coefficient (Wildman–Crippen LogP) is 2.18. The van der Waals surface area contributed by atoms with Crippen LogP contribution in [0.4, 0.5) is 0 Å². The second-order valence-corrected chi connectivity index (χ2v) is 7.42. The van der Waals surface area contributed by atoms with Crippen LogP contribution in [0, 0.1) is 0 Å². The number of aromatic nitrogens is 4. The van der Waals surface area contributed by atoms with Crippen molar-refractivity contribution in [1.29, 1.82) is 0 Å². The molecule has 2 aromatic carbocycles. The molecular weight excluding hydrogens is 352 g/mol. The minimum Gasteiger partial charge on any atom is -0.493 e. The number of nitrogens with zero attached hydrogens (tertiary/aromatic N) is 4. The fourth-order valence-corrected chi connectivity index (χ4v) is 4.27. The number of hydrogen-bond donors (Lipinski definition) is 2. The van der Waals surface area contributed by atoms with Crippen molar-refractivity contribution in [3.8, 4) is 11.4 Å². The molecule has 7 nitrogen and oxygen atoms in total. The summed E-state index contributed by atoms with van der Waals surface area (Å²) in [7, 11) is 0. The summed E-state index contributed by atoms with van der Waals surface area (Å²) in [5.74, 6) is 1.02. The van der Waals surface area contributed by atoms with Crippen molar-refractivity contribution < 1.29 is 4.74 Å². The van der Waals surface area contributed by atoms with Gasteiger partial charge in [-0.25, -0.2) is 4.68 Å². The van der Waals surface area contributed by atoms with Crippen LogP contribution in [0.25, 0.3) is 5.69 Å². The van der Waals surface area contributed by atoms with Gasteiger partial charge in [-0.2, -0.15) is 0 Å². The fraction of sp³-hybridized carbons (Fsp3) is 0.381. The third-order valence-electron chi connectivity index (χ3n) is 5.63. The van der Waals surface area contributed by atoms with Crippen molar-refractivity contribution in [2.45, 2.75) is 37.9 Å². The standard InChI is InChI=1S/C21H24N6O/c1-2-5-15(6-3-1)20-19(7-4-9-22-20)23-13-17-12-18(27-14-24-25-26-27)11-16-8-10-28-21(16)17/h1-3,5-6,11-12,14,19-20,22-23H,4,7-10,13H2. The summed E-state index contributed by atoms with van der Waals surface area (Å²) in [4.78, 5) is 0. The Hall–Kier alpha value is -2.77. The van der Waals surface area contributed by atoms with Crippen molar-refractivity contribution in [3.05, 3.63) is 65.5 Å². The van der Waals surface area contributed by atoms with Crippen LogP contribution in [0.1, 0.15) is 35.6 Å². The van der Waals surface area contributed by atoms with Crippen LogP contribution >= 0.6 is 0 Å². The van der Waals surface area contributed by atoms with Crippen molar-refractivity contribution in [2.24, 2.45) is 0 Å². The monoisotopic (exact) mass is 376 g/mol. The summed E-state index contributed by atoms with van der Waals surface area (Å²) >= 11 is 0. The fourth-order valence-electron chi connectivity index (χ4n) is 4.27. The van der Waals surface area contributed by atoms with Gasteiger partial charge in [0, 0.05) is 30.6 Å². The summed E-state index contributed by atoms with van der Waals surface area (Å²) in [6, 6.07) is 15.7. The third kappa shape index (κ3) is 3.39. The Morgan fingerprint density at radius 2 is 2.14 bits per heavy atom. The van der Waals surface area contributed by atoms with E-state index < -0.39 is 0 Å². The average Bonchev–Trinajstić information content (AvgIpc) is 3.44. The maximum absolute atomic E-state index is 5.94. The Labute approximate surface area is 164 Å². The molecular formula is C21H24N6O. The number of nitrogens with one attached hydrogen (secondary N) is 2. The summed E-state index contributed by atoms with van der Waals surface area (Å²) in [5.41, 5.74) is 4.71. The molecule has 0 radical (unpaired) electrons. The molecule has 3 aromatic rings. The van der Waals surface area contributed by atoms with Crippen LogP contribution in [0.15, 0.2) is 48.8 Å². The van der Waals surface area contributed by atoms with Gasteiger partial charge in [0.15, 0.2) is 0 Å². The Morgan fingerprint density at radius 1 is 1.21 bits per heavy atom. The van der Waals surface area contributed by atoms with Crippen LogP contribution in [0.5, 0.6) is 5.75 Å². The van der Waals surface area contributed by atoms with Gasteiger partial charge in [-0.3, -0.25) is 0 Å². The summed E-state index contributed by atoms with van der Waals surface area (Å²) in [5, 5.41) is 19.0. The molecule has 3 heterocycles. The van der Waals surface area contributed by atoms with Crippen LogP contribution in [0.2, 0.25) is 0 Å². The quantitative estimate of drug-likeness (QED) is 0.711. The Bertz CT molecular complexity index is 928. The molecule has 0 bridgehead atoms. The Kier molecular flexibility index (Phi) is 4.76. The molecule has 0 amide bonds. The normalized spacial score (nSPS) is 21.3. The molecule has 2 atom stereocenters. The number of hydrogen-bond acceptors (Lipinski definition) is 6. The van der Waals surface area contributed by atoms with Gasteiger partial charge in [-0.05, 0) is 53.1 Å². The van der Waals surface area contributed by atoms with E-state index in [1.807, 2.05) is 0 Å². The van der Waals surface area contributed by atoms with Crippen molar-refractivity contribution in [1.82, 2.24) is 30.8 Å². The summed E-state index contributed by atoms with van der Waals surface area (Å²) in [6.07, 6.45) is 4.89. The highest BCUT2D eigenvalue weighted by Gasteiger charge is 2.26. The first-order valence-corrected chi connectivity index (χ1v) is 9.92. The number of benzene rings is 2. The molecule has 0 spiro atoms. The predicted molar refractivity (Wildman–Crippen MR) is 105 cm³/mol. The molecule has 28 heavy (non-hydrogen) atoms.